The van der Waals surface area contributed by atoms with Gasteiger partial charge < -0.3 is 5.32 Å². The Balaban J connectivity index is 1.65. The molecule has 0 radical (unpaired) electrons. The van der Waals surface area contributed by atoms with Gasteiger partial charge in [0.1, 0.15) is 0 Å². The normalized spacial score (nSPS) is 25.5. The lowest BCUT2D eigenvalue weighted by atomic mass is 10.2. The van der Waals surface area contributed by atoms with Crippen LogP contribution >= 0.6 is 0 Å². The van der Waals surface area contributed by atoms with Crippen LogP contribution in [0.4, 0.5) is 0 Å². The van der Waals surface area contributed by atoms with Crippen molar-refractivity contribution in [3.63, 3.8) is 0 Å². The van der Waals surface area contributed by atoms with Gasteiger partial charge in [0.05, 0.1) is 12.6 Å². The Morgan fingerprint density at radius 2 is 2.31 bits per heavy atom. The highest BCUT2D eigenvalue weighted by atomic mass is 15.6. The van der Waals surface area contributed by atoms with Crippen molar-refractivity contribution in [2.24, 2.45) is 0 Å². The fourth-order valence-electron chi connectivity index (χ4n) is 2.29. The van der Waals surface area contributed by atoms with Crippen LogP contribution in [0.3, 0.4) is 0 Å². The largest absolute Gasteiger partial charge is 0.315 e. The smallest absolute Gasteiger partial charge is 0.165 e. The number of hydrogen-bond donors (Lipinski definition) is 1. The van der Waals surface area contributed by atoms with Crippen LogP contribution in [0.5, 0.6) is 0 Å². The number of tetrazole rings is 1. The Kier molecular flexibility index (Phi) is 2.61. The average Bonchev–Trinajstić information content (AvgIpc) is 2.83. The third-order valence-electron chi connectivity index (χ3n) is 3.50. The minimum absolute atomic E-state index is 0.570. The van der Waals surface area contributed by atoms with Crippen LogP contribution < -0.4 is 5.32 Å². The van der Waals surface area contributed by atoms with Crippen molar-refractivity contribution in [3.05, 3.63) is 5.82 Å². The van der Waals surface area contributed by atoms with Crippen molar-refractivity contribution in [2.45, 2.75) is 37.9 Å². The molecule has 0 aromatic carbocycles. The molecule has 1 saturated heterocycles. The first-order chi connectivity index (χ1) is 7.84. The lowest BCUT2D eigenvalue weighted by molar-refractivity contribution is 0.238. The molecule has 6 nitrogen and oxygen atoms in total. The van der Waals surface area contributed by atoms with Gasteiger partial charge in [-0.1, -0.05) is 0 Å². The van der Waals surface area contributed by atoms with E-state index in [1.165, 1.54) is 19.3 Å². The second-order valence-corrected chi connectivity index (χ2v) is 4.83. The summed E-state index contributed by atoms with van der Waals surface area (Å²) in [6.45, 7) is 3.07. The number of aromatic nitrogens is 4. The Morgan fingerprint density at radius 3 is 3.00 bits per heavy atom. The first kappa shape index (κ1) is 10.2. The standard InChI is InChI=1S/C10H18N6/c1-15(9-4-5-11-6-9)7-10-12-13-14-16(10)8-2-3-8/h8-9,11H,2-7H2,1H3. The maximum Gasteiger partial charge on any atom is 0.165 e. The minimum Gasteiger partial charge on any atom is -0.315 e. The SMILES string of the molecule is CN(Cc1nnnn1C1CC1)C1CCNC1. The number of nitrogens with zero attached hydrogens (tertiary/aromatic N) is 5. The van der Waals surface area contributed by atoms with Crippen LogP contribution in [-0.4, -0.2) is 51.3 Å². The molecule has 1 aliphatic carbocycles. The van der Waals surface area contributed by atoms with Crippen LogP contribution in [-0.2, 0) is 6.54 Å². The molecule has 2 fully saturated rings. The van der Waals surface area contributed by atoms with Gasteiger partial charge in [0.2, 0.25) is 0 Å². The molecule has 1 N–H and O–H groups in total. The molecule has 0 bridgehead atoms. The van der Waals surface area contributed by atoms with Gasteiger partial charge in [0.15, 0.2) is 5.82 Å². The van der Waals surface area contributed by atoms with Crippen LogP contribution in [0.1, 0.15) is 31.1 Å². The van der Waals surface area contributed by atoms with Crippen molar-refractivity contribution in [3.8, 4) is 0 Å². The third kappa shape index (κ3) is 1.94. The minimum atomic E-state index is 0.570. The van der Waals surface area contributed by atoms with Crippen molar-refractivity contribution < 1.29 is 0 Å². The number of rotatable bonds is 4. The molecule has 1 aromatic rings. The number of hydrogen-bond acceptors (Lipinski definition) is 5. The summed E-state index contributed by atoms with van der Waals surface area (Å²) in [5.74, 6) is 1.01. The highest BCUT2D eigenvalue weighted by Crippen LogP contribution is 2.34. The van der Waals surface area contributed by atoms with E-state index in [0.717, 1.165) is 25.5 Å². The van der Waals surface area contributed by atoms with E-state index in [-0.39, 0.29) is 0 Å². The predicted molar refractivity (Wildman–Crippen MR) is 58.8 cm³/mol. The zero-order valence-electron chi connectivity index (χ0n) is 9.63. The van der Waals surface area contributed by atoms with Crippen molar-refractivity contribution >= 4 is 0 Å². The zero-order chi connectivity index (χ0) is 11.0. The van der Waals surface area contributed by atoms with Crippen LogP contribution in [0.2, 0.25) is 0 Å². The monoisotopic (exact) mass is 222 g/mol. The molecule has 1 aromatic heterocycles. The molecule has 1 atom stereocenters. The van der Waals surface area contributed by atoms with E-state index < -0.39 is 0 Å². The Labute approximate surface area is 95.0 Å². The lowest BCUT2D eigenvalue weighted by Crippen LogP contribution is -2.33. The Morgan fingerprint density at radius 1 is 1.44 bits per heavy atom. The van der Waals surface area contributed by atoms with Crippen molar-refractivity contribution in [1.82, 2.24) is 30.4 Å². The molecule has 1 unspecified atom stereocenters. The van der Waals surface area contributed by atoms with Gasteiger partial charge in [-0.15, -0.1) is 5.10 Å². The molecule has 3 rings (SSSR count). The summed E-state index contributed by atoms with van der Waals surface area (Å²) in [4.78, 5) is 2.35. The summed E-state index contributed by atoms with van der Waals surface area (Å²) in [5.41, 5.74) is 0. The second kappa shape index (κ2) is 4.10. The van der Waals surface area contributed by atoms with Gasteiger partial charge >= 0.3 is 0 Å². The molecule has 16 heavy (non-hydrogen) atoms. The molecular weight excluding hydrogens is 204 g/mol. The maximum absolute atomic E-state index is 4.13. The topological polar surface area (TPSA) is 58.9 Å². The van der Waals surface area contributed by atoms with E-state index >= 15 is 0 Å². The first-order valence-corrected chi connectivity index (χ1v) is 6.02. The van der Waals surface area contributed by atoms with Gasteiger partial charge in [0.25, 0.3) is 0 Å². The molecule has 2 heterocycles. The fraction of sp³-hybridized carbons (Fsp3) is 0.900. The maximum atomic E-state index is 4.13. The highest BCUT2D eigenvalue weighted by Gasteiger charge is 2.29. The second-order valence-electron chi connectivity index (χ2n) is 4.83. The van der Waals surface area contributed by atoms with Crippen molar-refractivity contribution in [1.29, 1.82) is 0 Å². The lowest BCUT2D eigenvalue weighted by Gasteiger charge is -2.22. The predicted octanol–water partition coefficient (Wildman–Crippen LogP) is -0.198. The molecule has 0 amide bonds. The molecule has 88 valence electrons. The number of likely N-dealkylation sites (N-methyl/N-ethyl adjacent to an activating group) is 1. The van der Waals surface area contributed by atoms with E-state index in [2.05, 4.69) is 32.8 Å². The summed E-state index contributed by atoms with van der Waals surface area (Å²) in [6, 6.07) is 1.20. The summed E-state index contributed by atoms with van der Waals surface area (Å²) >= 11 is 0. The zero-order valence-corrected chi connectivity index (χ0v) is 9.63. The Bertz CT molecular complexity index is 352. The van der Waals surface area contributed by atoms with E-state index in [1.54, 1.807) is 0 Å². The third-order valence-corrected chi connectivity index (χ3v) is 3.50. The van der Waals surface area contributed by atoms with Gasteiger partial charge in [0, 0.05) is 12.6 Å². The van der Waals surface area contributed by atoms with Gasteiger partial charge in [-0.25, -0.2) is 4.68 Å². The Hall–Kier alpha value is -1.01. The molecule has 0 spiro atoms. The van der Waals surface area contributed by atoms with E-state index in [9.17, 15) is 0 Å². The quantitative estimate of drug-likeness (QED) is 0.764. The molecular formula is C10H18N6. The summed E-state index contributed by atoms with van der Waals surface area (Å²) < 4.78 is 2.00. The van der Waals surface area contributed by atoms with Crippen molar-refractivity contribution in [2.75, 3.05) is 20.1 Å². The molecule has 2 aliphatic rings. The highest BCUT2D eigenvalue weighted by molar-refractivity contribution is 4.91. The van der Waals surface area contributed by atoms with E-state index in [1.807, 2.05) is 4.68 Å². The van der Waals surface area contributed by atoms with E-state index in [4.69, 9.17) is 0 Å². The van der Waals surface area contributed by atoms with Gasteiger partial charge in [-0.2, -0.15) is 0 Å². The van der Waals surface area contributed by atoms with Crippen LogP contribution in [0.15, 0.2) is 0 Å². The summed E-state index contributed by atoms with van der Waals surface area (Å²) in [6.07, 6.45) is 3.68. The molecule has 6 heteroatoms. The molecule has 1 saturated carbocycles. The average molecular weight is 222 g/mol. The molecule has 1 aliphatic heterocycles. The summed E-state index contributed by atoms with van der Waals surface area (Å²) in [7, 11) is 2.16. The van der Waals surface area contributed by atoms with E-state index in [0.29, 0.717) is 12.1 Å². The first-order valence-electron chi connectivity index (χ1n) is 6.02. The van der Waals surface area contributed by atoms with Gasteiger partial charge in [-0.3, -0.25) is 4.90 Å². The summed E-state index contributed by atoms with van der Waals surface area (Å²) in [5, 5.41) is 15.4. The van der Waals surface area contributed by atoms with Gasteiger partial charge in [-0.05, 0) is 43.3 Å². The van der Waals surface area contributed by atoms with Crippen LogP contribution in [0, 0.1) is 0 Å². The van der Waals surface area contributed by atoms with Crippen LogP contribution in [0.25, 0.3) is 0 Å². The fourth-order valence-corrected chi connectivity index (χ4v) is 2.29. The number of nitrogens with one attached hydrogen (secondary N) is 1.